The number of ether oxygens (including phenoxy) is 1. The van der Waals surface area contributed by atoms with E-state index in [0.717, 1.165) is 16.0 Å². The van der Waals surface area contributed by atoms with Gasteiger partial charge < -0.3 is 14.7 Å². The number of pyridine rings is 1. The molecule has 0 aliphatic heterocycles. The standard InChI is InChI=1S/C17H15NO4/c1-21-12-8-6-11(7-9-12)13-10-16(20)18(22-2)14-4-3-5-15(19)17(13)14/h3-10,19H,1-2H3. The number of hydrogen-bond donors (Lipinski definition) is 1. The lowest BCUT2D eigenvalue weighted by Crippen LogP contribution is -2.24. The summed E-state index contributed by atoms with van der Waals surface area (Å²) in [5.74, 6) is 0.816. The fourth-order valence-corrected chi connectivity index (χ4v) is 2.53. The van der Waals surface area contributed by atoms with Crippen molar-refractivity contribution in [3.8, 4) is 22.6 Å². The molecule has 0 aliphatic rings. The molecule has 22 heavy (non-hydrogen) atoms. The summed E-state index contributed by atoms with van der Waals surface area (Å²) in [4.78, 5) is 17.3. The molecule has 0 unspecified atom stereocenters. The topological polar surface area (TPSA) is 60.7 Å². The van der Waals surface area contributed by atoms with E-state index >= 15 is 0 Å². The van der Waals surface area contributed by atoms with E-state index in [1.54, 1.807) is 25.3 Å². The van der Waals surface area contributed by atoms with Crippen molar-refractivity contribution < 1.29 is 14.7 Å². The van der Waals surface area contributed by atoms with Crippen molar-refractivity contribution >= 4 is 10.9 Å². The van der Waals surface area contributed by atoms with Crippen LogP contribution in [0.15, 0.2) is 53.3 Å². The third-order valence-corrected chi connectivity index (χ3v) is 3.56. The number of rotatable bonds is 3. The summed E-state index contributed by atoms with van der Waals surface area (Å²) in [5, 5.41) is 10.8. The van der Waals surface area contributed by atoms with Crippen molar-refractivity contribution in [2.24, 2.45) is 0 Å². The summed E-state index contributed by atoms with van der Waals surface area (Å²) >= 11 is 0. The molecular formula is C17H15NO4. The summed E-state index contributed by atoms with van der Waals surface area (Å²) in [6.07, 6.45) is 0. The summed E-state index contributed by atoms with van der Waals surface area (Å²) in [6.45, 7) is 0. The highest BCUT2D eigenvalue weighted by Gasteiger charge is 2.14. The van der Waals surface area contributed by atoms with Crippen molar-refractivity contribution in [2.75, 3.05) is 14.2 Å². The van der Waals surface area contributed by atoms with E-state index in [0.29, 0.717) is 16.5 Å². The first-order valence-electron chi connectivity index (χ1n) is 6.72. The van der Waals surface area contributed by atoms with Crippen LogP contribution in [-0.4, -0.2) is 24.1 Å². The molecule has 3 aromatic rings. The first-order valence-corrected chi connectivity index (χ1v) is 6.72. The van der Waals surface area contributed by atoms with Gasteiger partial charge in [0.15, 0.2) is 0 Å². The minimum Gasteiger partial charge on any atom is -0.507 e. The van der Waals surface area contributed by atoms with Gasteiger partial charge in [0.1, 0.15) is 18.6 Å². The molecule has 3 rings (SSSR count). The molecule has 1 N–H and O–H groups in total. The lowest BCUT2D eigenvalue weighted by Gasteiger charge is -2.13. The Hall–Kier alpha value is -2.95. The molecule has 0 bridgehead atoms. The Bertz CT molecular complexity index is 882. The second kappa shape index (κ2) is 5.44. The fraction of sp³-hybridized carbons (Fsp3) is 0.118. The zero-order chi connectivity index (χ0) is 15.7. The van der Waals surface area contributed by atoms with Gasteiger partial charge in [-0.2, -0.15) is 0 Å². The van der Waals surface area contributed by atoms with Crippen LogP contribution in [0.25, 0.3) is 22.0 Å². The Kier molecular flexibility index (Phi) is 3.47. The van der Waals surface area contributed by atoms with Crippen LogP contribution in [0.2, 0.25) is 0 Å². The second-order valence-corrected chi connectivity index (χ2v) is 4.77. The Morgan fingerprint density at radius 2 is 1.77 bits per heavy atom. The van der Waals surface area contributed by atoms with Gasteiger partial charge in [-0.3, -0.25) is 4.79 Å². The molecule has 0 aliphatic carbocycles. The summed E-state index contributed by atoms with van der Waals surface area (Å²) in [7, 11) is 3.01. The Balaban J connectivity index is 2.36. The predicted octanol–water partition coefficient (Wildman–Crippen LogP) is 2.44. The van der Waals surface area contributed by atoms with Gasteiger partial charge in [0.25, 0.3) is 5.56 Å². The molecule has 2 aromatic carbocycles. The van der Waals surface area contributed by atoms with Crippen molar-refractivity contribution in [3.05, 3.63) is 58.9 Å². The molecule has 0 atom stereocenters. The number of phenolic OH excluding ortho intramolecular Hbond substituents is 1. The second-order valence-electron chi connectivity index (χ2n) is 4.77. The van der Waals surface area contributed by atoms with E-state index in [9.17, 15) is 9.90 Å². The molecule has 112 valence electrons. The van der Waals surface area contributed by atoms with Gasteiger partial charge in [-0.05, 0) is 29.8 Å². The van der Waals surface area contributed by atoms with E-state index in [2.05, 4.69) is 0 Å². The lowest BCUT2D eigenvalue weighted by atomic mass is 10.0. The smallest absolute Gasteiger partial charge is 0.284 e. The monoisotopic (exact) mass is 297 g/mol. The molecule has 1 heterocycles. The maximum atomic E-state index is 12.2. The summed E-state index contributed by atoms with van der Waals surface area (Å²) in [6, 6.07) is 13.7. The molecule has 0 fully saturated rings. The fourth-order valence-electron chi connectivity index (χ4n) is 2.53. The van der Waals surface area contributed by atoms with Gasteiger partial charge in [-0.25, -0.2) is 0 Å². The van der Waals surface area contributed by atoms with Crippen LogP contribution < -0.4 is 15.1 Å². The lowest BCUT2D eigenvalue weighted by molar-refractivity contribution is 0.169. The first kappa shape index (κ1) is 14.0. The van der Waals surface area contributed by atoms with E-state index in [1.807, 2.05) is 24.3 Å². The minimum absolute atomic E-state index is 0.0918. The third kappa shape index (κ3) is 2.16. The Morgan fingerprint density at radius 3 is 2.41 bits per heavy atom. The van der Waals surface area contributed by atoms with E-state index < -0.39 is 0 Å². The van der Waals surface area contributed by atoms with Crippen LogP contribution in [0, 0.1) is 0 Å². The number of aromatic nitrogens is 1. The highest BCUT2D eigenvalue weighted by atomic mass is 16.6. The zero-order valence-corrected chi connectivity index (χ0v) is 12.2. The summed E-state index contributed by atoms with van der Waals surface area (Å²) < 4.78 is 6.30. The van der Waals surface area contributed by atoms with Gasteiger partial charge in [0.2, 0.25) is 0 Å². The van der Waals surface area contributed by atoms with Crippen molar-refractivity contribution in [3.63, 3.8) is 0 Å². The molecule has 0 saturated heterocycles. The van der Waals surface area contributed by atoms with Gasteiger partial charge in [0, 0.05) is 11.6 Å². The number of nitrogens with zero attached hydrogens (tertiary/aromatic N) is 1. The number of benzene rings is 2. The van der Waals surface area contributed by atoms with Gasteiger partial charge in [0.05, 0.1) is 18.0 Å². The van der Waals surface area contributed by atoms with Crippen LogP contribution >= 0.6 is 0 Å². The number of hydrogen-bond acceptors (Lipinski definition) is 4. The van der Waals surface area contributed by atoms with Gasteiger partial charge >= 0.3 is 0 Å². The molecule has 5 heteroatoms. The maximum absolute atomic E-state index is 12.2. The Labute approximate surface area is 126 Å². The normalized spacial score (nSPS) is 10.6. The molecule has 1 aromatic heterocycles. The highest BCUT2D eigenvalue weighted by Crippen LogP contribution is 2.33. The average molecular weight is 297 g/mol. The zero-order valence-electron chi connectivity index (χ0n) is 12.2. The number of phenols is 1. The predicted molar refractivity (Wildman–Crippen MR) is 84.4 cm³/mol. The van der Waals surface area contributed by atoms with Gasteiger partial charge in [-0.1, -0.05) is 18.2 Å². The number of fused-ring (bicyclic) bond motifs is 1. The van der Waals surface area contributed by atoms with Gasteiger partial charge in [-0.15, -0.1) is 4.73 Å². The largest absolute Gasteiger partial charge is 0.507 e. The van der Waals surface area contributed by atoms with E-state index in [-0.39, 0.29) is 11.3 Å². The van der Waals surface area contributed by atoms with Crippen LogP contribution in [-0.2, 0) is 0 Å². The molecule has 5 nitrogen and oxygen atoms in total. The van der Waals surface area contributed by atoms with Crippen LogP contribution in [0.4, 0.5) is 0 Å². The quantitative estimate of drug-likeness (QED) is 0.806. The summed E-state index contributed by atoms with van der Waals surface area (Å²) in [5.41, 5.74) is 1.67. The van der Waals surface area contributed by atoms with Crippen molar-refractivity contribution in [1.29, 1.82) is 0 Å². The molecular weight excluding hydrogens is 282 g/mol. The van der Waals surface area contributed by atoms with Crippen molar-refractivity contribution in [1.82, 2.24) is 4.73 Å². The minimum atomic E-state index is -0.300. The first-order chi connectivity index (χ1) is 10.7. The molecule has 0 saturated carbocycles. The van der Waals surface area contributed by atoms with Crippen molar-refractivity contribution in [2.45, 2.75) is 0 Å². The average Bonchev–Trinajstić information content (AvgIpc) is 2.54. The molecule has 0 amide bonds. The highest BCUT2D eigenvalue weighted by molar-refractivity contribution is 5.98. The van der Waals surface area contributed by atoms with E-state index in [1.165, 1.54) is 13.2 Å². The number of aromatic hydroxyl groups is 1. The molecule has 0 radical (unpaired) electrons. The van der Waals surface area contributed by atoms with Crippen LogP contribution in [0.3, 0.4) is 0 Å². The van der Waals surface area contributed by atoms with E-state index in [4.69, 9.17) is 9.57 Å². The number of methoxy groups -OCH3 is 1. The maximum Gasteiger partial charge on any atom is 0.284 e. The SMILES string of the molecule is COc1ccc(-c2cc(=O)n(OC)c3cccc(O)c23)cc1. The third-order valence-electron chi connectivity index (χ3n) is 3.56. The Morgan fingerprint density at radius 1 is 1.05 bits per heavy atom. The van der Waals surface area contributed by atoms with Crippen LogP contribution in [0.5, 0.6) is 11.5 Å². The molecule has 0 spiro atoms. The van der Waals surface area contributed by atoms with Crippen LogP contribution in [0.1, 0.15) is 0 Å².